The van der Waals surface area contributed by atoms with Crippen LogP contribution in [0, 0.1) is 0 Å². The summed E-state index contributed by atoms with van der Waals surface area (Å²) in [4.78, 5) is 16.2. The van der Waals surface area contributed by atoms with E-state index < -0.39 is 0 Å². The second-order valence-electron chi connectivity index (χ2n) is 7.62. The standard InChI is InChI=1S/C22H27N3O2/c26-21-15-25(16-21)22(27)23-20-10-12-24(13-11-20)14-17-6-8-19(9-7-17)18-4-2-1-3-5-18/h1-9,20-21,26H,10-16H2,(H,23,27). The number of hydrogen-bond acceptors (Lipinski definition) is 3. The number of urea groups is 1. The molecule has 0 radical (unpaired) electrons. The lowest BCUT2D eigenvalue weighted by Crippen LogP contribution is -2.58. The molecule has 0 aromatic heterocycles. The van der Waals surface area contributed by atoms with Crippen LogP contribution in [-0.2, 0) is 6.54 Å². The number of carbonyl (C=O) groups is 1. The number of nitrogens with one attached hydrogen (secondary N) is 1. The molecule has 0 unspecified atom stereocenters. The van der Waals surface area contributed by atoms with Crippen molar-refractivity contribution in [2.75, 3.05) is 26.2 Å². The number of benzene rings is 2. The molecule has 2 saturated heterocycles. The third kappa shape index (κ3) is 4.49. The number of hydrogen-bond donors (Lipinski definition) is 2. The highest BCUT2D eigenvalue weighted by Gasteiger charge is 2.30. The number of β-amino-alcohol motifs (C(OH)–C–C–N with tert-alkyl or cyclic N) is 1. The van der Waals surface area contributed by atoms with Gasteiger partial charge < -0.3 is 15.3 Å². The summed E-state index contributed by atoms with van der Waals surface area (Å²) in [6, 6.07) is 19.5. The van der Waals surface area contributed by atoms with E-state index in [4.69, 9.17) is 0 Å². The van der Waals surface area contributed by atoms with Gasteiger partial charge in [0.1, 0.15) is 0 Å². The lowest BCUT2D eigenvalue weighted by atomic mass is 10.0. The lowest BCUT2D eigenvalue weighted by molar-refractivity contribution is 0.0249. The highest BCUT2D eigenvalue weighted by molar-refractivity contribution is 5.75. The van der Waals surface area contributed by atoms with Gasteiger partial charge in [0.2, 0.25) is 0 Å². The van der Waals surface area contributed by atoms with E-state index in [1.54, 1.807) is 4.90 Å². The summed E-state index contributed by atoms with van der Waals surface area (Å²) in [5, 5.41) is 12.4. The van der Waals surface area contributed by atoms with Gasteiger partial charge in [-0.3, -0.25) is 4.90 Å². The fourth-order valence-corrected chi connectivity index (χ4v) is 3.81. The maximum absolute atomic E-state index is 12.1. The third-order valence-electron chi connectivity index (χ3n) is 5.53. The van der Waals surface area contributed by atoms with Crippen LogP contribution in [0.1, 0.15) is 18.4 Å². The zero-order valence-corrected chi connectivity index (χ0v) is 15.6. The molecule has 4 rings (SSSR count). The van der Waals surface area contributed by atoms with E-state index in [2.05, 4.69) is 58.7 Å². The predicted octanol–water partition coefficient (Wildman–Crippen LogP) is 2.70. The van der Waals surface area contributed by atoms with Gasteiger partial charge in [-0.1, -0.05) is 54.6 Å². The van der Waals surface area contributed by atoms with E-state index >= 15 is 0 Å². The molecular weight excluding hydrogens is 338 g/mol. The highest BCUT2D eigenvalue weighted by atomic mass is 16.3. The molecule has 5 nitrogen and oxygen atoms in total. The predicted molar refractivity (Wildman–Crippen MR) is 106 cm³/mol. The molecule has 2 N–H and O–H groups in total. The van der Waals surface area contributed by atoms with Gasteiger partial charge in [0, 0.05) is 25.7 Å². The van der Waals surface area contributed by atoms with Gasteiger partial charge in [-0.05, 0) is 29.5 Å². The Bertz CT molecular complexity index is 749. The molecule has 0 atom stereocenters. The molecule has 0 spiro atoms. The van der Waals surface area contributed by atoms with Crippen molar-refractivity contribution in [1.82, 2.24) is 15.1 Å². The lowest BCUT2D eigenvalue weighted by Gasteiger charge is -2.38. The number of amides is 2. The van der Waals surface area contributed by atoms with Gasteiger partial charge in [-0.25, -0.2) is 4.79 Å². The van der Waals surface area contributed by atoms with E-state index in [0.29, 0.717) is 13.1 Å². The van der Waals surface area contributed by atoms with Crippen LogP contribution in [0.2, 0.25) is 0 Å². The molecule has 2 aromatic rings. The van der Waals surface area contributed by atoms with E-state index in [1.165, 1.54) is 16.7 Å². The van der Waals surface area contributed by atoms with E-state index in [1.807, 2.05) is 6.07 Å². The van der Waals surface area contributed by atoms with Crippen LogP contribution in [0.3, 0.4) is 0 Å². The van der Waals surface area contributed by atoms with Crippen molar-refractivity contribution < 1.29 is 9.90 Å². The van der Waals surface area contributed by atoms with Crippen LogP contribution in [0.4, 0.5) is 4.79 Å². The Morgan fingerprint density at radius 1 is 0.963 bits per heavy atom. The van der Waals surface area contributed by atoms with Crippen LogP contribution >= 0.6 is 0 Å². The molecule has 0 saturated carbocycles. The number of aliphatic hydroxyl groups excluding tert-OH is 1. The zero-order valence-electron chi connectivity index (χ0n) is 15.6. The summed E-state index contributed by atoms with van der Waals surface area (Å²) in [5.41, 5.74) is 3.82. The Hall–Kier alpha value is -2.37. The maximum Gasteiger partial charge on any atom is 0.317 e. The summed E-state index contributed by atoms with van der Waals surface area (Å²) in [5.74, 6) is 0. The Labute approximate surface area is 160 Å². The smallest absolute Gasteiger partial charge is 0.317 e. The van der Waals surface area contributed by atoms with Gasteiger partial charge >= 0.3 is 6.03 Å². The SMILES string of the molecule is O=C(NC1CCN(Cc2ccc(-c3ccccc3)cc2)CC1)N1CC(O)C1. The molecule has 0 bridgehead atoms. The van der Waals surface area contributed by atoms with Crippen LogP contribution < -0.4 is 5.32 Å². The summed E-state index contributed by atoms with van der Waals surface area (Å²) in [6.07, 6.45) is 1.61. The number of likely N-dealkylation sites (tertiary alicyclic amines) is 2. The summed E-state index contributed by atoms with van der Waals surface area (Å²) in [6.45, 7) is 3.86. The van der Waals surface area contributed by atoms with Gasteiger partial charge in [-0.15, -0.1) is 0 Å². The average Bonchev–Trinajstić information content (AvgIpc) is 2.68. The fraction of sp³-hybridized carbons (Fsp3) is 0.409. The first-order valence-corrected chi connectivity index (χ1v) is 9.77. The number of aliphatic hydroxyl groups is 1. The number of carbonyl (C=O) groups excluding carboxylic acids is 1. The molecule has 2 heterocycles. The normalized spacial score (nSPS) is 18.9. The molecule has 142 valence electrons. The van der Waals surface area contributed by atoms with E-state index in [0.717, 1.165) is 32.5 Å². The Morgan fingerprint density at radius 2 is 1.59 bits per heavy atom. The zero-order chi connectivity index (χ0) is 18.6. The van der Waals surface area contributed by atoms with Crippen LogP contribution in [0.5, 0.6) is 0 Å². The molecule has 2 aliphatic heterocycles. The van der Waals surface area contributed by atoms with Crippen molar-refractivity contribution in [3.05, 3.63) is 60.2 Å². The Morgan fingerprint density at radius 3 is 2.22 bits per heavy atom. The van der Waals surface area contributed by atoms with E-state index in [9.17, 15) is 9.90 Å². The first kappa shape index (κ1) is 18.0. The van der Waals surface area contributed by atoms with Crippen molar-refractivity contribution in [1.29, 1.82) is 0 Å². The minimum atomic E-state index is -0.342. The molecule has 2 amide bonds. The molecule has 27 heavy (non-hydrogen) atoms. The molecule has 2 fully saturated rings. The van der Waals surface area contributed by atoms with E-state index in [-0.39, 0.29) is 18.2 Å². The second-order valence-corrected chi connectivity index (χ2v) is 7.62. The highest BCUT2D eigenvalue weighted by Crippen LogP contribution is 2.21. The Balaban J connectivity index is 1.24. The monoisotopic (exact) mass is 365 g/mol. The maximum atomic E-state index is 12.1. The first-order valence-electron chi connectivity index (χ1n) is 9.77. The number of rotatable bonds is 4. The van der Waals surface area contributed by atoms with Crippen LogP contribution in [0.25, 0.3) is 11.1 Å². The number of nitrogens with zero attached hydrogens (tertiary/aromatic N) is 2. The minimum absolute atomic E-state index is 0.0322. The van der Waals surface area contributed by atoms with Gasteiger partial charge in [0.05, 0.1) is 19.2 Å². The summed E-state index contributed by atoms with van der Waals surface area (Å²) in [7, 11) is 0. The molecule has 2 aromatic carbocycles. The van der Waals surface area contributed by atoms with Crippen LogP contribution in [-0.4, -0.2) is 59.3 Å². The van der Waals surface area contributed by atoms with Crippen molar-refractivity contribution >= 4 is 6.03 Å². The minimum Gasteiger partial charge on any atom is -0.389 e. The van der Waals surface area contributed by atoms with Crippen molar-refractivity contribution in [3.8, 4) is 11.1 Å². The molecule has 5 heteroatoms. The molecule has 0 aliphatic carbocycles. The van der Waals surface area contributed by atoms with Crippen molar-refractivity contribution in [3.63, 3.8) is 0 Å². The largest absolute Gasteiger partial charge is 0.389 e. The average molecular weight is 365 g/mol. The topological polar surface area (TPSA) is 55.8 Å². The quantitative estimate of drug-likeness (QED) is 0.876. The summed E-state index contributed by atoms with van der Waals surface area (Å²) < 4.78 is 0. The van der Waals surface area contributed by atoms with Crippen molar-refractivity contribution in [2.24, 2.45) is 0 Å². The molecule has 2 aliphatic rings. The van der Waals surface area contributed by atoms with Crippen LogP contribution in [0.15, 0.2) is 54.6 Å². The first-order chi connectivity index (χ1) is 13.2. The third-order valence-corrected chi connectivity index (χ3v) is 5.53. The fourth-order valence-electron chi connectivity index (χ4n) is 3.81. The van der Waals surface area contributed by atoms with Gasteiger partial charge in [0.15, 0.2) is 0 Å². The van der Waals surface area contributed by atoms with Gasteiger partial charge in [0.25, 0.3) is 0 Å². The molecular formula is C22H27N3O2. The van der Waals surface area contributed by atoms with Crippen molar-refractivity contribution in [2.45, 2.75) is 31.5 Å². The Kier molecular flexibility index (Phi) is 5.41. The number of piperidine rings is 1. The summed E-state index contributed by atoms with van der Waals surface area (Å²) >= 11 is 0. The second kappa shape index (κ2) is 8.11. The van der Waals surface area contributed by atoms with Gasteiger partial charge in [-0.2, -0.15) is 0 Å².